The highest BCUT2D eigenvalue weighted by Gasteiger charge is 2.21. The summed E-state index contributed by atoms with van der Waals surface area (Å²) >= 11 is 5.90. The number of nitrogens with one attached hydrogen (secondary N) is 1. The number of sulfonamides is 1. The maximum atomic E-state index is 13.1. The van der Waals surface area contributed by atoms with E-state index in [-0.39, 0.29) is 22.1 Å². The number of benzene rings is 5. The minimum atomic E-state index is -3.94. The molecular formula is C26H18ClNO4S. The van der Waals surface area contributed by atoms with Gasteiger partial charge in [-0.15, -0.1) is 0 Å². The van der Waals surface area contributed by atoms with Crippen LogP contribution in [-0.2, 0) is 10.0 Å². The largest absolute Gasteiger partial charge is 0.507 e. The fourth-order valence-corrected chi connectivity index (χ4v) is 5.19. The Kier molecular flexibility index (Phi) is 5.12. The van der Waals surface area contributed by atoms with Gasteiger partial charge in [-0.25, -0.2) is 8.42 Å². The predicted octanol–water partition coefficient (Wildman–Crippen LogP) is 6.53. The van der Waals surface area contributed by atoms with E-state index in [1.54, 1.807) is 42.5 Å². The molecule has 0 spiro atoms. The number of hydrogen-bond acceptors (Lipinski definition) is 4. The fraction of sp³-hybridized carbons (Fsp3) is 0. The maximum absolute atomic E-state index is 13.1. The van der Waals surface area contributed by atoms with Crippen molar-refractivity contribution in [2.24, 2.45) is 0 Å². The minimum absolute atomic E-state index is 0.0224. The zero-order valence-corrected chi connectivity index (χ0v) is 18.7. The van der Waals surface area contributed by atoms with Gasteiger partial charge in [0.1, 0.15) is 11.5 Å². The van der Waals surface area contributed by atoms with Crippen LogP contribution in [0.2, 0.25) is 5.02 Å². The van der Waals surface area contributed by atoms with Crippen molar-refractivity contribution < 1.29 is 18.6 Å². The molecular weight excluding hydrogens is 458 g/mol. The Morgan fingerprint density at radius 2 is 1.36 bits per heavy atom. The van der Waals surface area contributed by atoms with Crippen molar-refractivity contribution in [3.8, 4) is 22.6 Å². The molecule has 0 saturated carbocycles. The van der Waals surface area contributed by atoms with Crippen LogP contribution in [0.4, 0.5) is 5.69 Å². The van der Waals surface area contributed by atoms with Gasteiger partial charge in [0.2, 0.25) is 0 Å². The van der Waals surface area contributed by atoms with Crippen molar-refractivity contribution in [1.29, 1.82) is 0 Å². The SMILES string of the molecule is O=S(=O)(Nc1cc(-c2c(O)ccc3ccccc23)c(O)c2ccccc12)c1ccc(Cl)cc1. The summed E-state index contributed by atoms with van der Waals surface area (Å²) in [7, 11) is -3.94. The number of aromatic hydroxyl groups is 2. The highest BCUT2D eigenvalue weighted by atomic mass is 35.5. The van der Waals surface area contributed by atoms with E-state index in [1.165, 1.54) is 24.3 Å². The summed E-state index contributed by atoms with van der Waals surface area (Å²) in [4.78, 5) is 0.0543. The van der Waals surface area contributed by atoms with E-state index in [4.69, 9.17) is 11.6 Å². The maximum Gasteiger partial charge on any atom is 0.261 e. The lowest BCUT2D eigenvalue weighted by atomic mass is 9.93. The summed E-state index contributed by atoms with van der Waals surface area (Å²) in [6.07, 6.45) is 0. The third-order valence-electron chi connectivity index (χ3n) is 5.56. The van der Waals surface area contributed by atoms with Crippen LogP contribution in [0, 0.1) is 0 Å². The third-order valence-corrected chi connectivity index (χ3v) is 7.19. The molecule has 0 fully saturated rings. The highest BCUT2D eigenvalue weighted by Crippen LogP contribution is 2.46. The Morgan fingerprint density at radius 1 is 0.727 bits per heavy atom. The Morgan fingerprint density at radius 3 is 2.09 bits per heavy atom. The second-order valence-corrected chi connectivity index (χ2v) is 9.72. The first-order valence-corrected chi connectivity index (χ1v) is 12.0. The first-order chi connectivity index (χ1) is 15.8. The molecule has 0 heterocycles. The van der Waals surface area contributed by atoms with Gasteiger partial charge in [-0.3, -0.25) is 4.72 Å². The molecule has 0 aliphatic carbocycles. The van der Waals surface area contributed by atoms with Crippen LogP contribution in [0.1, 0.15) is 0 Å². The topological polar surface area (TPSA) is 86.6 Å². The van der Waals surface area contributed by atoms with Gasteiger partial charge >= 0.3 is 0 Å². The minimum Gasteiger partial charge on any atom is -0.507 e. The number of rotatable bonds is 4. The van der Waals surface area contributed by atoms with Crippen molar-refractivity contribution in [1.82, 2.24) is 0 Å². The first kappa shape index (κ1) is 21.1. The Bertz CT molecular complexity index is 1630. The lowest BCUT2D eigenvalue weighted by Gasteiger charge is -2.17. The van der Waals surface area contributed by atoms with Crippen LogP contribution in [0.25, 0.3) is 32.7 Å². The van der Waals surface area contributed by atoms with E-state index < -0.39 is 10.0 Å². The lowest BCUT2D eigenvalue weighted by Crippen LogP contribution is -2.13. The molecule has 0 bridgehead atoms. The van der Waals surface area contributed by atoms with Crippen molar-refractivity contribution in [2.45, 2.75) is 4.90 Å². The van der Waals surface area contributed by atoms with Crippen LogP contribution in [-0.4, -0.2) is 18.6 Å². The van der Waals surface area contributed by atoms with Crippen molar-refractivity contribution in [2.75, 3.05) is 4.72 Å². The molecule has 164 valence electrons. The van der Waals surface area contributed by atoms with Crippen LogP contribution in [0.3, 0.4) is 0 Å². The molecule has 7 heteroatoms. The number of phenols is 2. The van der Waals surface area contributed by atoms with E-state index in [1.807, 2.05) is 24.3 Å². The number of halogens is 1. The number of hydrogen-bond donors (Lipinski definition) is 3. The van der Waals surface area contributed by atoms with Gasteiger partial charge in [0.15, 0.2) is 0 Å². The summed E-state index contributed by atoms with van der Waals surface area (Å²) < 4.78 is 28.8. The van der Waals surface area contributed by atoms with E-state index in [2.05, 4.69) is 4.72 Å². The molecule has 33 heavy (non-hydrogen) atoms. The number of anilines is 1. The zero-order valence-electron chi connectivity index (χ0n) is 17.2. The summed E-state index contributed by atoms with van der Waals surface area (Å²) in [5, 5.41) is 24.9. The highest BCUT2D eigenvalue weighted by molar-refractivity contribution is 7.92. The summed E-state index contributed by atoms with van der Waals surface area (Å²) in [6.45, 7) is 0. The molecule has 0 aliphatic rings. The molecule has 0 aromatic heterocycles. The van der Waals surface area contributed by atoms with E-state index in [9.17, 15) is 18.6 Å². The summed E-state index contributed by atoms with van der Waals surface area (Å²) in [6, 6.07) is 25.2. The summed E-state index contributed by atoms with van der Waals surface area (Å²) in [5.41, 5.74) is 1.01. The van der Waals surface area contributed by atoms with Crippen LogP contribution in [0.15, 0.2) is 95.9 Å². The normalized spacial score (nSPS) is 11.7. The molecule has 5 rings (SSSR count). The van der Waals surface area contributed by atoms with Gasteiger partial charge in [0.25, 0.3) is 10.0 Å². The second-order valence-electron chi connectivity index (χ2n) is 7.61. The average Bonchev–Trinajstić information content (AvgIpc) is 2.81. The first-order valence-electron chi connectivity index (χ1n) is 10.1. The molecule has 0 radical (unpaired) electrons. The van der Waals surface area contributed by atoms with Crippen molar-refractivity contribution >= 4 is 48.9 Å². The molecule has 5 aromatic rings. The third kappa shape index (κ3) is 3.73. The molecule has 5 nitrogen and oxygen atoms in total. The van der Waals surface area contributed by atoms with Gasteiger partial charge in [-0.05, 0) is 47.2 Å². The molecule has 0 saturated heterocycles. The van der Waals surface area contributed by atoms with Crippen molar-refractivity contribution in [3.63, 3.8) is 0 Å². The van der Waals surface area contributed by atoms with Crippen LogP contribution < -0.4 is 4.72 Å². The lowest BCUT2D eigenvalue weighted by molar-refractivity contribution is 0.472. The molecule has 3 N–H and O–H groups in total. The number of phenolic OH excluding ortho intramolecular Hbond substituents is 2. The summed E-state index contributed by atoms with van der Waals surface area (Å²) in [5.74, 6) is -0.0718. The Labute approximate surface area is 195 Å². The van der Waals surface area contributed by atoms with Gasteiger partial charge in [-0.2, -0.15) is 0 Å². The average molecular weight is 476 g/mol. The monoisotopic (exact) mass is 475 g/mol. The quantitative estimate of drug-likeness (QED) is 0.258. The van der Waals surface area contributed by atoms with Crippen LogP contribution >= 0.6 is 11.6 Å². The molecule has 0 unspecified atom stereocenters. The molecule has 0 atom stereocenters. The van der Waals surface area contributed by atoms with Gasteiger partial charge in [0.05, 0.1) is 10.6 Å². The van der Waals surface area contributed by atoms with Gasteiger partial charge in [0, 0.05) is 26.9 Å². The van der Waals surface area contributed by atoms with Gasteiger partial charge in [-0.1, -0.05) is 66.2 Å². The predicted molar refractivity (Wildman–Crippen MR) is 132 cm³/mol. The van der Waals surface area contributed by atoms with Gasteiger partial charge < -0.3 is 10.2 Å². The number of fused-ring (bicyclic) bond motifs is 2. The second kappa shape index (κ2) is 7.99. The standard InChI is InChI=1S/C26H18ClNO4S/c27-17-10-12-18(13-11-17)33(31,32)28-23-15-22(26(30)21-8-4-3-7-20(21)23)25-19-6-2-1-5-16(19)9-14-24(25)29/h1-15,28-30H. The molecule has 0 aliphatic heterocycles. The smallest absolute Gasteiger partial charge is 0.261 e. The van der Waals surface area contributed by atoms with E-state index >= 15 is 0 Å². The Hall–Kier alpha value is -3.74. The van der Waals surface area contributed by atoms with Crippen LogP contribution in [0.5, 0.6) is 11.5 Å². The molecule has 5 aromatic carbocycles. The van der Waals surface area contributed by atoms with E-state index in [0.29, 0.717) is 26.9 Å². The molecule has 0 amide bonds. The van der Waals surface area contributed by atoms with E-state index in [0.717, 1.165) is 10.8 Å². The van der Waals surface area contributed by atoms with Crippen molar-refractivity contribution in [3.05, 3.63) is 96.0 Å². The zero-order chi connectivity index (χ0) is 23.2. The Balaban J connectivity index is 1.76. The fourth-order valence-electron chi connectivity index (χ4n) is 4.00.